The highest BCUT2D eigenvalue weighted by Gasteiger charge is 2.36. The lowest BCUT2D eigenvalue weighted by Gasteiger charge is -2.28. The Labute approximate surface area is 203 Å². The van der Waals surface area contributed by atoms with Crippen LogP contribution in [0.1, 0.15) is 36.0 Å². The van der Waals surface area contributed by atoms with Gasteiger partial charge in [0.15, 0.2) is 5.78 Å². The summed E-state index contributed by atoms with van der Waals surface area (Å²) in [6.45, 7) is 0. The van der Waals surface area contributed by atoms with Crippen LogP contribution in [0.4, 0.5) is 20.6 Å². The summed E-state index contributed by atoms with van der Waals surface area (Å²) in [6.07, 6.45) is 3.25. The smallest absolute Gasteiger partial charge is 0.323 e. The Morgan fingerprint density at radius 3 is 1.77 bits per heavy atom. The van der Waals surface area contributed by atoms with Crippen LogP contribution in [-0.4, -0.2) is 24.9 Å². The van der Waals surface area contributed by atoms with Crippen LogP contribution in [0.3, 0.4) is 0 Å². The first-order valence-corrected chi connectivity index (χ1v) is 11.6. The largest absolute Gasteiger partial charge is 0.469 e. The molecule has 0 radical (unpaired) electrons. The second-order valence-corrected chi connectivity index (χ2v) is 8.63. The van der Waals surface area contributed by atoms with Crippen molar-refractivity contribution in [3.05, 3.63) is 84.2 Å². The Morgan fingerprint density at radius 2 is 1.23 bits per heavy atom. The third-order valence-corrected chi connectivity index (χ3v) is 6.35. The molecule has 1 aliphatic rings. The lowest BCUT2D eigenvalue weighted by Crippen LogP contribution is -2.33. The fourth-order valence-corrected chi connectivity index (χ4v) is 4.49. The normalized spacial score (nSPS) is 17.3. The van der Waals surface area contributed by atoms with Crippen molar-refractivity contribution in [2.45, 2.75) is 25.7 Å². The summed E-state index contributed by atoms with van der Waals surface area (Å²) in [6, 6.07) is 19.7. The second-order valence-electron chi connectivity index (χ2n) is 8.63. The number of urea groups is 1. The third kappa shape index (κ3) is 5.93. The van der Waals surface area contributed by atoms with Crippen molar-refractivity contribution in [3.63, 3.8) is 0 Å². The number of anilines is 2. The minimum absolute atomic E-state index is 0.0154. The van der Waals surface area contributed by atoms with Gasteiger partial charge in [0.25, 0.3) is 0 Å². The average Bonchev–Trinajstić information content (AvgIpc) is 2.89. The first-order chi connectivity index (χ1) is 16.9. The Kier molecular flexibility index (Phi) is 7.55. The number of ketones is 1. The highest BCUT2D eigenvalue weighted by Crippen LogP contribution is 2.34. The summed E-state index contributed by atoms with van der Waals surface area (Å²) >= 11 is 0. The van der Waals surface area contributed by atoms with E-state index in [2.05, 4.69) is 10.6 Å². The van der Waals surface area contributed by atoms with Crippen molar-refractivity contribution in [1.29, 1.82) is 0 Å². The number of rotatable bonds is 6. The summed E-state index contributed by atoms with van der Waals surface area (Å²) in [5.41, 5.74) is 3.54. The quantitative estimate of drug-likeness (QED) is 0.324. The van der Waals surface area contributed by atoms with E-state index in [0.717, 1.165) is 24.0 Å². The molecule has 2 atom stereocenters. The molecule has 0 saturated heterocycles. The highest BCUT2D eigenvalue weighted by atomic mass is 19.1. The number of methoxy groups -OCH3 is 1. The van der Waals surface area contributed by atoms with Crippen LogP contribution >= 0.6 is 0 Å². The van der Waals surface area contributed by atoms with E-state index in [1.807, 2.05) is 24.3 Å². The topological polar surface area (TPSA) is 84.5 Å². The lowest BCUT2D eigenvalue weighted by atomic mass is 9.75. The van der Waals surface area contributed by atoms with Gasteiger partial charge in [-0.1, -0.05) is 49.2 Å². The Morgan fingerprint density at radius 1 is 0.743 bits per heavy atom. The minimum Gasteiger partial charge on any atom is -0.469 e. The van der Waals surface area contributed by atoms with Gasteiger partial charge in [0.1, 0.15) is 5.82 Å². The van der Waals surface area contributed by atoms with Gasteiger partial charge in [-0.3, -0.25) is 9.59 Å². The molecule has 7 heteroatoms. The van der Waals surface area contributed by atoms with Crippen LogP contribution in [0.15, 0.2) is 72.8 Å². The molecule has 4 rings (SSSR count). The van der Waals surface area contributed by atoms with Crippen molar-refractivity contribution >= 4 is 29.2 Å². The predicted molar refractivity (Wildman–Crippen MR) is 133 cm³/mol. The van der Waals surface area contributed by atoms with Crippen molar-refractivity contribution in [3.8, 4) is 11.1 Å². The van der Waals surface area contributed by atoms with Gasteiger partial charge in [-0.2, -0.15) is 0 Å². The van der Waals surface area contributed by atoms with Gasteiger partial charge >= 0.3 is 12.0 Å². The SMILES string of the molecule is COC(=O)C1CCCCC1C(=O)c1ccc(-c2ccc(NC(=O)Nc3ccc(F)cc3)cc2)cc1. The molecule has 6 nitrogen and oxygen atoms in total. The zero-order valence-corrected chi connectivity index (χ0v) is 19.4. The standard InChI is InChI=1S/C28H27FN2O4/c1-35-27(33)25-5-3-2-4-24(25)26(32)20-8-6-18(7-9-20)19-10-14-22(15-11-19)30-28(34)31-23-16-12-21(29)13-17-23/h6-17,24-25H,2-5H2,1H3,(H2,30,31,34). The van der Waals surface area contributed by atoms with Gasteiger partial charge in [-0.15, -0.1) is 0 Å². The average molecular weight is 475 g/mol. The van der Waals surface area contributed by atoms with Crippen LogP contribution in [-0.2, 0) is 9.53 Å². The van der Waals surface area contributed by atoms with Gasteiger partial charge in [0.2, 0.25) is 0 Å². The number of halogens is 1. The van der Waals surface area contributed by atoms with Crippen molar-refractivity contribution in [2.24, 2.45) is 11.8 Å². The number of esters is 1. The molecule has 2 N–H and O–H groups in total. The number of benzene rings is 3. The van der Waals surface area contributed by atoms with E-state index in [1.165, 1.54) is 31.4 Å². The number of nitrogens with one attached hydrogen (secondary N) is 2. The van der Waals surface area contributed by atoms with Crippen molar-refractivity contribution in [1.82, 2.24) is 0 Å². The van der Waals surface area contributed by atoms with Gasteiger partial charge in [-0.25, -0.2) is 9.18 Å². The maximum absolute atomic E-state index is 13.1. The molecule has 0 spiro atoms. The number of ether oxygens (including phenoxy) is 1. The minimum atomic E-state index is -0.430. The molecule has 1 aliphatic carbocycles. The molecule has 1 saturated carbocycles. The Balaban J connectivity index is 1.39. The Bertz CT molecular complexity index is 1190. The van der Waals surface area contributed by atoms with E-state index in [1.54, 1.807) is 24.3 Å². The first-order valence-electron chi connectivity index (χ1n) is 11.6. The molecule has 3 aromatic rings. The van der Waals surface area contributed by atoms with Crippen LogP contribution in [0.2, 0.25) is 0 Å². The molecule has 180 valence electrons. The van der Waals surface area contributed by atoms with Gasteiger partial charge in [0.05, 0.1) is 13.0 Å². The number of carbonyl (C=O) groups is 3. The number of Topliss-reactive ketones (excluding diaryl/α,β-unsaturated/α-hetero) is 1. The first kappa shape index (κ1) is 24.1. The van der Waals surface area contributed by atoms with Gasteiger partial charge < -0.3 is 15.4 Å². The van der Waals surface area contributed by atoms with E-state index in [4.69, 9.17) is 4.74 Å². The fraction of sp³-hybridized carbons (Fsp3) is 0.250. The maximum atomic E-state index is 13.1. The van der Waals surface area contributed by atoms with Gasteiger partial charge in [-0.05, 0) is 60.4 Å². The molecule has 0 heterocycles. The van der Waals surface area contributed by atoms with E-state index < -0.39 is 6.03 Å². The molecule has 0 aliphatic heterocycles. The molecular formula is C28H27FN2O4. The summed E-state index contributed by atoms with van der Waals surface area (Å²) < 4.78 is 17.9. The summed E-state index contributed by atoms with van der Waals surface area (Å²) in [5, 5.41) is 5.38. The van der Waals surface area contributed by atoms with Crippen LogP contribution in [0.25, 0.3) is 11.1 Å². The lowest BCUT2D eigenvalue weighted by molar-refractivity contribution is -0.147. The second kappa shape index (κ2) is 11.0. The van der Waals surface area contributed by atoms with E-state index in [-0.39, 0.29) is 29.4 Å². The van der Waals surface area contributed by atoms with Crippen LogP contribution < -0.4 is 10.6 Å². The van der Waals surface area contributed by atoms with Crippen molar-refractivity contribution < 1.29 is 23.5 Å². The summed E-state index contributed by atoms with van der Waals surface area (Å²) in [7, 11) is 1.37. The number of hydrogen-bond donors (Lipinski definition) is 2. The zero-order chi connectivity index (χ0) is 24.8. The summed E-state index contributed by atoms with van der Waals surface area (Å²) in [4.78, 5) is 37.4. The van der Waals surface area contributed by atoms with E-state index in [9.17, 15) is 18.8 Å². The number of carbonyl (C=O) groups excluding carboxylic acids is 3. The monoisotopic (exact) mass is 474 g/mol. The van der Waals surface area contributed by atoms with Crippen molar-refractivity contribution in [2.75, 3.05) is 17.7 Å². The maximum Gasteiger partial charge on any atom is 0.323 e. The molecular weight excluding hydrogens is 447 g/mol. The molecule has 35 heavy (non-hydrogen) atoms. The summed E-state index contributed by atoms with van der Waals surface area (Å²) in [5.74, 6) is -1.41. The molecule has 0 aromatic heterocycles. The van der Waals surface area contributed by atoms with Gasteiger partial charge in [0, 0.05) is 22.9 Å². The highest BCUT2D eigenvalue weighted by molar-refractivity contribution is 6.01. The number of amides is 2. The van der Waals surface area contributed by atoms with Crippen LogP contribution in [0.5, 0.6) is 0 Å². The van der Waals surface area contributed by atoms with E-state index >= 15 is 0 Å². The predicted octanol–water partition coefficient (Wildman–Crippen LogP) is 6.30. The molecule has 0 bridgehead atoms. The molecule has 2 unspecified atom stereocenters. The number of hydrogen-bond acceptors (Lipinski definition) is 4. The Hall–Kier alpha value is -4.00. The fourth-order valence-electron chi connectivity index (χ4n) is 4.49. The molecule has 1 fully saturated rings. The third-order valence-electron chi connectivity index (χ3n) is 6.35. The molecule has 2 amide bonds. The van der Waals surface area contributed by atoms with E-state index in [0.29, 0.717) is 29.8 Å². The molecule has 3 aromatic carbocycles. The van der Waals surface area contributed by atoms with Crippen LogP contribution in [0, 0.1) is 17.7 Å². The zero-order valence-electron chi connectivity index (χ0n) is 19.4.